The molecule has 4 aromatic heterocycles. The van der Waals surface area contributed by atoms with Crippen molar-refractivity contribution in [1.82, 2.24) is 19.5 Å². The summed E-state index contributed by atoms with van der Waals surface area (Å²) in [6, 6.07) is 6.02. The first-order valence-electron chi connectivity index (χ1n) is 6.26. The van der Waals surface area contributed by atoms with E-state index in [2.05, 4.69) is 21.0 Å². The minimum absolute atomic E-state index is 0.508. The average Bonchev–Trinajstić information content (AvgIpc) is 3.19. The van der Waals surface area contributed by atoms with Crippen LogP contribution >= 0.6 is 34.3 Å². The van der Waals surface area contributed by atoms with E-state index in [0.717, 1.165) is 20.9 Å². The molecule has 4 nitrogen and oxygen atoms in total. The summed E-state index contributed by atoms with van der Waals surface area (Å²) >= 11 is 9.45. The summed E-state index contributed by atoms with van der Waals surface area (Å²) in [6.45, 7) is 0.556. The van der Waals surface area contributed by atoms with E-state index in [1.54, 1.807) is 28.9 Å². The van der Waals surface area contributed by atoms with Crippen LogP contribution in [0.5, 0.6) is 0 Å². The molecule has 0 bridgehead atoms. The van der Waals surface area contributed by atoms with Crippen LogP contribution < -0.4 is 0 Å². The summed E-state index contributed by atoms with van der Waals surface area (Å²) in [7, 11) is 0. The molecule has 0 atom stereocenters. The normalized spacial score (nSPS) is 11.3. The summed E-state index contributed by atoms with van der Waals surface area (Å²) in [6.07, 6.45) is 3.73. The van der Waals surface area contributed by atoms with E-state index >= 15 is 0 Å². The number of imidazole rings is 1. The van der Waals surface area contributed by atoms with Crippen molar-refractivity contribution in [1.29, 1.82) is 0 Å². The molecule has 0 N–H and O–H groups in total. The maximum absolute atomic E-state index is 6.22. The first kappa shape index (κ1) is 12.9. The number of aromatic nitrogens is 4. The lowest BCUT2D eigenvalue weighted by Gasteiger charge is -2.06. The van der Waals surface area contributed by atoms with Crippen LogP contribution in [0.2, 0.25) is 5.15 Å². The van der Waals surface area contributed by atoms with Gasteiger partial charge in [-0.15, -0.1) is 22.7 Å². The van der Waals surface area contributed by atoms with Gasteiger partial charge in [0.1, 0.15) is 15.8 Å². The molecule has 0 aliphatic carbocycles. The lowest BCUT2D eigenvalue weighted by atomic mass is 10.4. The lowest BCUT2D eigenvalue weighted by molar-refractivity contribution is 0.758. The minimum atomic E-state index is 0.508. The highest BCUT2D eigenvalue weighted by atomic mass is 35.5. The monoisotopic (exact) mass is 332 g/mol. The van der Waals surface area contributed by atoms with Crippen molar-refractivity contribution in [3.63, 3.8) is 0 Å². The molecule has 0 saturated heterocycles. The first-order valence-corrected chi connectivity index (χ1v) is 8.39. The summed E-state index contributed by atoms with van der Waals surface area (Å²) in [5, 5.41) is 5.44. The number of rotatable bonds is 3. The number of halogens is 1. The Labute approximate surface area is 133 Å². The Kier molecular flexibility index (Phi) is 3.21. The van der Waals surface area contributed by atoms with E-state index in [9.17, 15) is 0 Å². The molecule has 0 aliphatic rings. The third-order valence-corrected chi connectivity index (χ3v) is 5.05. The quantitative estimate of drug-likeness (QED) is 0.525. The highest BCUT2D eigenvalue weighted by Crippen LogP contribution is 2.26. The van der Waals surface area contributed by atoms with Gasteiger partial charge < -0.3 is 4.57 Å². The fraction of sp³-hybridized carbons (Fsp3) is 0.0714. The molecule has 0 saturated carbocycles. The van der Waals surface area contributed by atoms with Crippen molar-refractivity contribution < 1.29 is 0 Å². The number of fused-ring (bicyclic) bond motifs is 1. The highest BCUT2D eigenvalue weighted by molar-refractivity contribution is 7.16. The SMILES string of the molecule is Clc1nc(Cn2ccnc2-c2cccs2)nc2sccc12. The van der Waals surface area contributed by atoms with Gasteiger partial charge in [0.25, 0.3) is 0 Å². The Morgan fingerprint density at radius 3 is 2.95 bits per heavy atom. The molecule has 4 heterocycles. The zero-order valence-electron chi connectivity index (χ0n) is 10.7. The van der Waals surface area contributed by atoms with E-state index in [1.165, 1.54) is 0 Å². The third-order valence-electron chi connectivity index (χ3n) is 3.09. The van der Waals surface area contributed by atoms with Crippen LogP contribution in [0.3, 0.4) is 0 Å². The number of hydrogen-bond donors (Lipinski definition) is 0. The molecule has 7 heteroatoms. The molecular formula is C14H9ClN4S2. The Morgan fingerprint density at radius 2 is 2.10 bits per heavy atom. The first-order chi connectivity index (χ1) is 10.3. The molecule has 0 unspecified atom stereocenters. The zero-order chi connectivity index (χ0) is 14.2. The van der Waals surface area contributed by atoms with Crippen molar-refractivity contribution in [3.8, 4) is 10.7 Å². The number of thiophene rings is 2. The van der Waals surface area contributed by atoms with Gasteiger partial charge in [-0.25, -0.2) is 15.0 Å². The lowest BCUT2D eigenvalue weighted by Crippen LogP contribution is -2.05. The van der Waals surface area contributed by atoms with Crippen molar-refractivity contribution in [2.24, 2.45) is 0 Å². The van der Waals surface area contributed by atoms with Gasteiger partial charge in [-0.3, -0.25) is 0 Å². The molecule has 0 aromatic carbocycles. The fourth-order valence-corrected chi connectivity index (χ4v) is 3.98. The predicted molar refractivity (Wildman–Crippen MR) is 87.1 cm³/mol. The van der Waals surface area contributed by atoms with Crippen LogP contribution in [0, 0.1) is 0 Å². The van der Waals surface area contributed by atoms with Crippen LogP contribution in [0.15, 0.2) is 41.4 Å². The Morgan fingerprint density at radius 1 is 1.14 bits per heavy atom. The van der Waals surface area contributed by atoms with Crippen LogP contribution in [-0.4, -0.2) is 19.5 Å². The molecular weight excluding hydrogens is 324 g/mol. The van der Waals surface area contributed by atoms with Gasteiger partial charge in [0.15, 0.2) is 5.82 Å². The smallest absolute Gasteiger partial charge is 0.151 e. The van der Waals surface area contributed by atoms with E-state index in [0.29, 0.717) is 17.5 Å². The zero-order valence-corrected chi connectivity index (χ0v) is 13.1. The number of nitrogens with zero attached hydrogens (tertiary/aromatic N) is 4. The van der Waals surface area contributed by atoms with E-state index in [4.69, 9.17) is 11.6 Å². The minimum Gasteiger partial charge on any atom is -0.323 e. The average molecular weight is 333 g/mol. The number of hydrogen-bond acceptors (Lipinski definition) is 5. The van der Waals surface area contributed by atoms with Gasteiger partial charge in [0.2, 0.25) is 0 Å². The maximum atomic E-state index is 6.22. The van der Waals surface area contributed by atoms with Crippen LogP contribution in [-0.2, 0) is 6.54 Å². The van der Waals surface area contributed by atoms with Gasteiger partial charge in [-0.05, 0) is 22.9 Å². The van der Waals surface area contributed by atoms with Crippen molar-refractivity contribution in [2.75, 3.05) is 0 Å². The van der Waals surface area contributed by atoms with Gasteiger partial charge in [-0.1, -0.05) is 17.7 Å². The van der Waals surface area contributed by atoms with Crippen molar-refractivity contribution in [3.05, 3.63) is 52.3 Å². The van der Waals surface area contributed by atoms with Crippen LogP contribution in [0.4, 0.5) is 0 Å². The van der Waals surface area contributed by atoms with Crippen molar-refractivity contribution >= 4 is 44.5 Å². The Hall–Kier alpha value is -1.76. The molecule has 0 spiro atoms. The van der Waals surface area contributed by atoms with Gasteiger partial charge in [-0.2, -0.15) is 0 Å². The van der Waals surface area contributed by atoms with Crippen molar-refractivity contribution in [2.45, 2.75) is 6.54 Å². The van der Waals surface area contributed by atoms with E-state index in [1.807, 2.05) is 33.7 Å². The molecule has 0 fully saturated rings. The van der Waals surface area contributed by atoms with Gasteiger partial charge in [0, 0.05) is 17.8 Å². The molecule has 0 amide bonds. The summed E-state index contributed by atoms with van der Waals surface area (Å²) in [5.41, 5.74) is 0. The molecule has 4 aromatic rings. The Bertz CT molecular complexity index is 895. The van der Waals surface area contributed by atoms with E-state index < -0.39 is 0 Å². The third kappa shape index (κ3) is 2.35. The molecule has 0 radical (unpaired) electrons. The van der Waals surface area contributed by atoms with Crippen LogP contribution in [0.25, 0.3) is 20.9 Å². The fourth-order valence-electron chi connectivity index (χ4n) is 2.15. The Balaban J connectivity index is 1.74. The summed E-state index contributed by atoms with van der Waals surface area (Å²) < 4.78 is 2.04. The topological polar surface area (TPSA) is 43.6 Å². The molecule has 4 rings (SSSR count). The largest absolute Gasteiger partial charge is 0.323 e. The standard InChI is InChI=1S/C14H9ClN4S2/c15-12-9-3-7-21-14(9)18-11(17-12)8-19-5-4-16-13(19)10-2-1-6-20-10/h1-7H,8H2. The second-order valence-corrected chi connectivity index (χ2v) is 6.63. The molecule has 104 valence electrons. The van der Waals surface area contributed by atoms with Crippen LogP contribution in [0.1, 0.15) is 5.82 Å². The highest BCUT2D eigenvalue weighted by Gasteiger charge is 2.11. The second-order valence-electron chi connectivity index (χ2n) is 4.43. The summed E-state index contributed by atoms with van der Waals surface area (Å²) in [5.74, 6) is 1.63. The summed E-state index contributed by atoms with van der Waals surface area (Å²) in [4.78, 5) is 15.4. The van der Waals surface area contributed by atoms with Gasteiger partial charge in [0.05, 0.1) is 11.4 Å². The second kappa shape index (κ2) is 5.22. The molecule has 0 aliphatic heterocycles. The maximum Gasteiger partial charge on any atom is 0.151 e. The predicted octanol–water partition coefficient (Wildman–Crippen LogP) is 4.32. The van der Waals surface area contributed by atoms with E-state index in [-0.39, 0.29) is 0 Å². The molecule has 21 heavy (non-hydrogen) atoms. The van der Waals surface area contributed by atoms with Gasteiger partial charge >= 0.3 is 0 Å².